The van der Waals surface area contributed by atoms with Crippen LogP contribution in [0.1, 0.15) is 22.7 Å². The topological polar surface area (TPSA) is 26.0 Å². The van der Waals surface area contributed by atoms with Gasteiger partial charge in [-0.2, -0.15) is 13.2 Å². The van der Waals surface area contributed by atoms with Gasteiger partial charge in [0.2, 0.25) is 0 Å². The SMILES string of the molecule is NC(c1ccc(F)cc1)c1cc(F)ccc1C(F)(F)F. The Morgan fingerprint density at radius 3 is 1.95 bits per heavy atom. The second-order valence-electron chi connectivity index (χ2n) is 4.26. The predicted octanol–water partition coefficient (Wildman–Crippen LogP) is 4.03. The molecule has 2 rings (SSSR count). The first-order valence-corrected chi connectivity index (χ1v) is 5.66. The fraction of sp³-hybridized carbons (Fsp3) is 0.143. The lowest BCUT2D eigenvalue weighted by atomic mass is 9.94. The van der Waals surface area contributed by atoms with E-state index < -0.39 is 29.4 Å². The fourth-order valence-electron chi connectivity index (χ4n) is 1.90. The molecule has 0 aliphatic carbocycles. The van der Waals surface area contributed by atoms with Crippen LogP contribution >= 0.6 is 0 Å². The Morgan fingerprint density at radius 2 is 1.40 bits per heavy atom. The first-order chi connectivity index (χ1) is 9.29. The first kappa shape index (κ1) is 14.5. The molecule has 1 nitrogen and oxygen atoms in total. The minimum Gasteiger partial charge on any atom is -0.320 e. The number of rotatable bonds is 2. The molecule has 0 aliphatic heterocycles. The number of halogens is 5. The minimum atomic E-state index is -4.64. The molecular weight excluding hydrogens is 277 g/mol. The van der Waals surface area contributed by atoms with E-state index in [1.165, 1.54) is 12.1 Å². The van der Waals surface area contributed by atoms with Gasteiger partial charge in [0.15, 0.2) is 0 Å². The monoisotopic (exact) mass is 287 g/mol. The zero-order valence-electron chi connectivity index (χ0n) is 10.1. The first-order valence-electron chi connectivity index (χ1n) is 5.66. The second kappa shape index (κ2) is 5.20. The van der Waals surface area contributed by atoms with Crippen LogP contribution in [0.5, 0.6) is 0 Å². The van der Waals surface area contributed by atoms with Crippen LogP contribution in [-0.2, 0) is 6.18 Å². The van der Waals surface area contributed by atoms with Crippen LogP contribution in [0.4, 0.5) is 22.0 Å². The van der Waals surface area contributed by atoms with Crippen LogP contribution in [0.2, 0.25) is 0 Å². The molecule has 0 radical (unpaired) electrons. The van der Waals surface area contributed by atoms with Crippen LogP contribution < -0.4 is 5.73 Å². The molecule has 20 heavy (non-hydrogen) atoms. The van der Waals surface area contributed by atoms with Crippen LogP contribution in [-0.4, -0.2) is 0 Å². The highest BCUT2D eigenvalue weighted by Gasteiger charge is 2.35. The van der Waals surface area contributed by atoms with Gasteiger partial charge in [0.1, 0.15) is 11.6 Å². The van der Waals surface area contributed by atoms with Gasteiger partial charge in [-0.15, -0.1) is 0 Å². The van der Waals surface area contributed by atoms with Crippen LogP contribution in [0, 0.1) is 11.6 Å². The Hall–Kier alpha value is -1.95. The molecule has 106 valence electrons. The lowest BCUT2D eigenvalue weighted by Crippen LogP contribution is -2.18. The second-order valence-corrected chi connectivity index (χ2v) is 4.26. The number of nitrogens with two attached hydrogens (primary N) is 1. The van der Waals surface area contributed by atoms with E-state index in [-0.39, 0.29) is 11.1 Å². The van der Waals surface area contributed by atoms with Crippen molar-refractivity contribution in [3.05, 3.63) is 70.8 Å². The molecule has 0 amide bonds. The molecule has 0 aromatic heterocycles. The van der Waals surface area contributed by atoms with Crippen molar-refractivity contribution in [3.63, 3.8) is 0 Å². The predicted molar refractivity (Wildman–Crippen MR) is 63.8 cm³/mol. The van der Waals surface area contributed by atoms with Crippen molar-refractivity contribution in [2.45, 2.75) is 12.2 Å². The van der Waals surface area contributed by atoms with Crippen molar-refractivity contribution in [2.75, 3.05) is 0 Å². The normalized spacial score (nSPS) is 13.3. The van der Waals surface area contributed by atoms with Crippen molar-refractivity contribution in [1.82, 2.24) is 0 Å². The summed E-state index contributed by atoms with van der Waals surface area (Å²) in [6.07, 6.45) is -4.64. The number of benzene rings is 2. The Balaban J connectivity index is 2.50. The summed E-state index contributed by atoms with van der Waals surface area (Å²) in [5.41, 5.74) is 4.62. The standard InChI is InChI=1S/C14H10F5N/c15-9-3-1-8(2-4-9)13(20)11-7-10(16)5-6-12(11)14(17,18)19/h1-7,13H,20H2. The van der Waals surface area contributed by atoms with Crippen molar-refractivity contribution in [1.29, 1.82) is 0 Å². The minimum absolute atomic E-state index is 0.266. The maximum atomic E-state index is 13.2. The molecule has 0 bridgehead atoms. The summed E-state index contributed by atoms with van der Waals surface area (Å²) >= 11 is 0. The molecule has 0 heterocycles. The van der Waals surface area contributed by atoms with Crippen molar-refractivity contribution in [3.8, 4) is 0 Å². The van der Waals surface area contributed by atoms with Crippen LogP contribution in [0.25, 0.3) is 0 Å². The highest BCUT2D eigenvalue weighted by molar-refractivity contribution is 5.39. The summed E-state index contributed by atoms with van der Waals surface area (Å²) in [5, 5.41) is 0. The van der Waals surface area contributed by atoms with Gasteiger partial charge in [-0.25, -0.2) is 8.78 Å². The lowest BCUT2D eigenvalue weighted by molar-refractivity contribution is -0.138. The van der Waals surface area contributed by atoms with E-state index in [4.69, 9.17) is 5.73 Å². The molecule has 1 atom stereocenters. The van der Waals surface area contributed by atoms with Crippen molar-refractivity contribution in [2.24, 2.45) is 5.73 Å². The molecule has 0 fully saturated rings. The summed E-state index contributed by atoms with van der Waals surface area (Å²) in [5.74, 6) is -1.35. The van der Waals surface area contributed by atoms with Crippen molar-refractivity contribution >= 4 is 0 Å². The maximum Gasteiger partial charge on any atom is 0.416 e. The number of hydrogen-bond acceptors (Lipinski definition) is 1. The fourth-order valence-corrected chi connectivity index (χ4v) is 1.90. The zero-order chi connectivity index (χ0) is 14.9. The van der Waals surface area contributed by atoms with Crippen LogP contribution in [0.3, 0.4) is 0 Å². The molecule has 0 saturated carbocycles. The largest absolute Gasteiger partial charge is 0.416 e. The van der Waals surface area contributed by atoms with E-state index in [0.29, 0.717) is 6.07 Å². The number of hydrogen-bond donors (Lipinski definition) is 1. The molecule has 1 unspecified atom stereocenters. The van der Waals surface area contributed by atoms with Crippen molar-refractivity contribution < 1.29 is 22.0 Å². The summed E-state index contributed by atoms with van der Waals surface area (Å²) in [6.45, 7) is 0. The van der Waals surface area contributed by atoms with Crippen LogP contribution in [0.15, 0.2) is 42.5 Å². The molecule has 0 aliphatic rings. The van der Waals surface area contributed by atoms with E-state index >= 15 is 0 Å². The Labute approximate surface area is 111 Å². The Morgan fingerprint density at radius 1 is 0.850 bits per heavy atom. The quantitative estimate of drug-likeness (QED) is 0.829. The smallest absolute Gasteiger partial charge is 0.320 e. The molecule has 0 saturated heterocycles. The van der Waals surface area contributed by atoms with Gasteiger partial charge >= 0.3 is 6.18 Å². The third kappa shape index (κ3) is 2.96. The summed E-state index contributed by atoms with van der Waals surface area (Å²) in [4.78, 5) is 0. The van der Waals surface area contributed by atoms with E-state index in [1.807, 2.05) is 0 Å². The van der Waals surface area contributed by atoms with E-state index in [2.05, 4.69) is 0 Å². The van der Waals surface area contributed by atoms with Gasteiger partial charge < -0.3 is 5.73 Å². The highest BCUT2D eigenvalue weighted by atomic mass is 19.4. The van der Waals surface area contributed by atoms with E-state index in [1.54, 1.807) is 0 Å². The average Bonchev–Trinajstić information content (AvgIpc) is 2.37. The zero-order valence-corrected chi connectivity index (χ0v) is 10.1. The third-order valence-corrected chi connectivity index (χ3v) is 2.88. The van der Waals surface area contributed by atoms with Gasteiger partial charge in [-0.3, -0.25) is 0 Å². The average molecular weight is 287 g/mol. The van der Waals surface area contributed by atoms with Gasteiger partial charge in [0, 0.05) is 0 Å². The van der Waals surface area contributed by atoms with Gasteiger partial charge in [-0.1, -0.05) is 12.1 Å². The third-order valence-electron chi connectivity index (χ3n) is 2.88. The lowest BCUT2D eigenvalue weighted by Gasteiger charge is -2.18. The Kier molecular flexibility index (Phi) is 3.76. The molecule has 6 heteroatoms. The van der Waals surface area contributed by atoms with E-state index in [9.17, 15) is 22.0 Å². The molecule has 2 aromatic carbocycles. The molecule has 2 N–H and O–H groups in total. The maximum absolute atomic E-state index is 13.2. The molecular formula is C14H10F5N. The molecule has 0 spiro atoms. The van der Waals surface area contributed by atoms with Gasteiger partial charge in [0.25, 0.3) is 0 Å². The summed E-state index contributed by atoms with van der Waals surface area (Å²) in [6, 6.07) is 5.64. The van der Waals surface area contributed by atoms with E-state index in [0.717, 1.165) is 24.3 Å². The molecule has 2 aromatic rings. The number of alkyl halides is 3. The van der Waals surface area contributed by atoms with Gasteiger partial charge in [-0.05, 0) is 41.5 Å². The Bertz CT molecular complexity index is 604. The highest BCUT2D eigenvalue weighted by Crippen LogP contribution is 2.36. The van der Waals surface area contributed by atoms with Gasteiger partial charge in [0.05, 0.1) is 11.6 Å². The summed E-state index contributed by atoms with van der Waals surface area (Å²) in [7, 11) is 0. The summed E-state index contributed by atoms with van der Waals surface area (Å²) < 4.78 is 64.6.